The maximum Gasteiger partial charge on any atom is 0.258 e. The van der Waals surface area contributed by atoms with Gasteiger partial charge in [0.2, 0.25) is 0 Å². The van der Waals surface area contributed by atoms with Crippen LogP contribution >= 0.6 is 11.6 Å². The number of benzene rings is 1. The van der Waals surface area contributed by atoms with Gasteiger partial charge in [0.15, 0.2) is 0 Å². The molecule has 0 atom stereocenters. The molecule has 8 heteroatoms. The highest BCUT2D eigenvalue weighted by molar-refractivity contribution is 6.34. The molecule has 0 unspecified atom stereocenters. The van der Waals surface area contributed by atoms with Crippen LogP contribution in [0.3, 0.4) is 0 Å². The first-order valence-electron chi connectivity index (χ1n) is 7.96. The molecule has 0 bridgehead atoms. The number of carbonyl (C=O) groups is 1. The van der Waals surface area contributed by atoms with Gasteiger partial charge in [0.1, 0.15) is 12.4 Å². The van der Waals surface area contributed by atoms with Crippen molar-refractivity contribution in [2.75, 3.05) is 18.5 Å². The number of nitrogens with two attached hydrogens (primary N) is 1. The topological polar surface area (TPSA) is 95.1 Å². The van der Waals surface area contributed by atoms with Gasteiger partial charge in [-0.1, -0.05) is 11.6 Å². The minimum absolute atomic E-state index is 0.305. The van der Waals surface area contributed by atoms with Gasteiger partial charge in [-0.15, -0.1) is 0 Å². The van der Waals surface area contributed by atoms with Crippen LogP contribution in [0.2, 0.25) is 5.02 Å². The van der Waals surface area contributed by atoms with E-state index in [1.807, 2.05) is 19.2 Å². The second-order valence-electron chi connectivity index (χ2n) is 5.50. The van der Waals surface area contributed by atoms with Gasteiger partial charge in [0.25, 0.3) is 5.91 Å². The van der Waals surface area contributed by atoms with E-state index in [1.165, 1.54) is 12.4 Å². The third-order valence-electron chi connectivity index (χ3n) is 3.72. The number of anilines is 1. The zero-order valence-electron chi connectivity index (χ0n) is 14.1. The van der Waals surface area contributed by atoms with Gasteiger partial charge in [-0.25, -0.2) is 0 Å². The summed E-state index contributed by atoms with van der Waals surface area (Å²) in [6.07, 6.45) is 4.66. The van der Waals surface area contributed by atoms with Crippen molar-refractivity contribution in [3.63, 3.8) is 0 Å². The summed E-state index contributed by atoms with van der Waals surface area (Å²) in [6, 6.07) is 8.81. The molecular formula is C18H18ClN5O2. The third kappa shape index (κ3) is 3.84. The first-order chi connectivity index (χ1) is 12.6. The Morgan fingerprint density at radius 1 is 1.31 bits per heavy atom. The highest BCUT2D eigenvalue weighted by Crippen LogP contribution is 2.32. The van der Waals surface area contributed by atoms with Gasteiger partial charge in [0.05, 0.1) is 16.3 Å². The SMILES string of the molecule is Cn1nccc1-c1cc(NC(=O)c2cnccc2Cl)ccc1OCCN. The Balaban J connectivity index is 1.93. The number of aromatic nitrogens is 3. The minimum Gasteiger partial charge on any atom is -0.492 e. The molecule has 0 saturated carbocycles. The van der Waals surface area contributed by atoms with E-state index in [1.54, 1.807) is 29.1 Å². The fraction of sp³-hybridized carbons (Fsp3) is 0.167. The quantitative estimate of drug-likeness (QED) is 0.694. The van der Waals surface area contributed by atoms with Crippen LogP contribution in [0.4, 0.5) is 5.69 Å². The normalized spacial score (nSPS) is 10.6. The lowest BCUT2D eigenvalue weighted by atomic mass is 10.1. The van der Waals surface area contributed by atoms with Crippen LogP contribution in [0.25, 0.3) is 11.3 Å². The lowest BCUT2D eigenvalue weighted by molar-refractivity contribution is 0.102. The van der Waals surface area contributed by atoms with Crippen LogP contribution in [0, 0.1) is 0 Å². The predicted octanol–water partition coefficient (Wildman–Crippen LogP) is 2.73. The number of pyridine rings is 1. The first-order valence-corrected chi connectivity index (χ1v) is 8.34. The molecule has 0 saturated heterocycles. The van der Waals surface area contributed by atoms with E-state index in [0.717, 1.165) is 11.3 Å². The highest BCUT2D eigenvalue weighted by Gasteiger charge is 2.14. The van der Waals surface area contributed by atoms with Gasteiger partial charge < -0.3 is 15.8 Å². The number of nitrogens with one attached hydrogen (secondary N) is 1. The van der Waals surface area contributed by atoms with E-state index in [4.69, 9.17) is 22.1 Å². The molecule has 134 valence electrons. The maximum atomic E-state index is 12.5. The Bertz CT molecular complexity index is 925. The summed E-state index contributed by atoms with van der Waals surface area (Å²) in [4.78, 5) is 16.4. The number of amides is 1. The maximum absolute atomic E-state index is 12.5. The number of halogens is 1. The van der Waals surface area contributed by atoms with Crippen molar-refractivity contribution < 1.29 is 9.53 Å². The number of nitrogens with zero attached hydrogens (tertiary/aromatic N) is 3. The molecule has 3 rings (SSSR count). The second-order valence-corrected chi connectivity index (χ2v) is 5.90. The fourth-order valence-electron chi connectivity index (χ4n) is 2.48. The number of carbonyl (C=O) groups excluding carboxylic acids is 1. The molecule has 2 heterocycles. The predicted molar refractivity (Wildman–Crippen MR) is 100 cm³/mol. The summed E-state index contributed by atoms with van der Waals surface area (Å²) >= 11 is 6.06. The minimum atomic E-state index is -0.338. The smallest absolute Gasteiger partial charge is 0.258 e. The monoisotopic (exact) mass is 371 g/mol. The summed E-state index contributed by atoms with van der Waals surface area (Å²) in [6.45, 7) is 0.796. The van der Waals surface area contributed by atoms with Crippen molar-refractivity contribution in [3.8, 4) is 17.0 Å². The Labute approximate surface area is 155 Å². The van der Waals surface area contributed by atoms with Crippen LogP contribution < -0.4 is 15.8 Å². The van der Waals surface area contributed by atoms with Crippen molar-refractivity contribution in [2.24, 2.45) is 12.8 Å². The van der Waals surface area contributed by atoms with E-state index in [-0.39, 0.29) is 5.91 Å². The Hall–Kier alpha value is -2.90. The standard InChI is InChI=1S/C18H18ClN5O2/c1-24-16(5-8-22-24)13-10-12(2-3-17(13)26-9-6-20)23-18(25)14-11-21-7-4-15(14)19/h2-5,7-8,10-11H,6,9,20H2,1H3,(H,23,25). The number of aryl methyl sites for hydroxylation is 1. The van der Waals surface area contributed by atoms with Gasteiger partial charge >= 0.3 is 0 Å². The first kappa shape index (κ1) is 17.9. The van der Waals surface area contributed by atoms with Gasteiger partial charge in [-0.05, 0) is 30.3 Å². The zero-order valence-corrected chi connectivity index (χ0v) is 14.9. The lowest BCUT2D eigenvalue weighted by Gasteiger charge is -2.14. The Morgan fingerprint density at radius 2 is 2.15 bits per heavy atom. The average molecular weight is 372 g/mol. The van der Waals surface area contributed by atoms with Crippen molar-refractivity contribution >= 4 is 23.2 Å². The van der Waals surface area contributed by atoms with Crippen molar-refractivity contribution in [1.82, 2.24) is 14.8 Å². The summed E-state index contributed by atoms with van der Waals surface area (Å²) in [7, 11) is 1.84. The molecule has 0 aliphatic carbocycles. The van der Waals surface area contributed by atoms with Crippen LogP contribution in [0.5, 0.6) is 5.75 Å². The summed E-state index contributed by atoms with van der Waals surface area (Å²) in [5.41, 5.74) is 8.09. The van der Waals surface area contributed by atoms with Crippen LogP contribution in [-0.2, 0) is 7.05 Å². The van der Waals surface area contributed by atoms with E-state index in [9.17, 15) is 4.79 Å². The Morgan fingerprint density at radius 3 is 2.85 bits per heavy atom. The molecule has 1 aromatic carbocycles. The van der Waals surface area contributed by atoms with Crippen LogP contribution in [-0.4, -0.2) is 33.8 Å². The number of hydrogen-bond acceptors (Lipinski definition) is 5. The molecule has 2 aromatic heterocycles. The molecular weight excluding hydrogens is 354 g/mol. The van der Waals surface area contributed by atoms with Gasteiger partial charge in [-0.2, -0.15) is 5.10 Å². The van der Waals surface area contributed by atoms with Gasteiger partial charge in [0, 0.05) is 43.4 Å². The molecule has 0 aliphatic rings. The molecule has 0 radical (unpaired) electrons. The third-order valence-corrected chi connectivity index (χ3v) is 4.05. The van der Waals surface area contributed by atoms with E-state index in [2.05, 4.69) is 15.4 Å². The van der Waals surface area contributed by atoms with E-state index < -0.39 is 0 Å². The summed E-state index contributed by atoms with van der Waals surface area (Å²) < 4.78 is 7.45. The molecule has 3 N–H and O–H groups in total. The highest BCUT2D eigenvalue weighted by atomic mass is 35.5. The zero-order chi connectivity index (χ0) is 18.5. The second kappa shape index (κ2) is 7.99. The lowest BCUT2D eigenvalue weighted by Crippen LogP contribution is -2.14. The van der Waals surface area contributed by atoms with Crippen LogP contribution in [0.15, 0.2) is 48.9 Å². The molecule has 0 spiro atoms. The molecule has 7 nitrogen and oxygen atoms in total. The molecule has 3 aromatic rings. The molecule has 0 aliphatic heterocycles. The van der Waals surface area contributed by atoms with Crippen molar-refractivity contribution in [2.45, 2.75) is 0 Å². The largest absolute Gasteiger partial charge is 0.492 e. The number of rotatable bonds is 6. The molecule has 0 fully saturated rings. The number of hydrogen-bond donors (Lipinski definition) is 2. The summed E-state index contributed by atoms with van der Waals surface area (Å²) in [5.74, 6) is 0.325. The Kier molecular flexibility index (Phi) is 5.50. The molecule has 26 heavy (non-hydrogen) atoms. The van der Waals surface area contributed by atoms with Crippen LogP contribution in [0.1, 0.15) is 10.4 Å². The summed E-state index contributed by atoms with van der Waals surface area (Å²) in [5, 5.41) is 7.36. The van der Waals surface area contributed by atoms with Crippen molar-refractivity contribution in [3.05, 3.63) is 59.5 Å². The van der Waals surface area contributed by atoms with E-state index >= 15 is 0 Å². The fourth-order valence-corrected chi connectivity index (χ4v) is 2.67. The van der Waals surface area contributed by atoms with Crippen molar-refractivity contribution in [1.29, 1.82) is 0 Å². The van der Waals surface area contributed by atoms with Gasteiger partial charge in [-0.3, -0.25) is 14.5 Å². The molecule has 1 amide bonds. The number of ether oxygens (including phenoxy) is 1. The average Bonchev–Trinajstić information content (AvgIpc) is 3.06. The van der Waals surface area contributed by atoms with E-state index in [0.29, 0.717) is 35.2 Å².